The maximum absolute atomic E-state index is 5.46. The molecule has 0 aliphatic heterocycles. The van der Waals surface area contributed by atoms with E-state index in [2.05, 4.69) is 17.3 Å². The summed E-state index contributed by atoms with van der Waals surface area (Å²) < 4.78 is 7.44. The van der Waals surface area contributed by atoms with Crippen molar-refractivity contribution in [1.29, 1.82) is 0 Å². The number of hydrogen-bond donors (Lipinski definition) is 1. The lowest BCUT2D eigenvalue weighted by atomic mass is 9.82. The monoisotopic (exact) mass is 251 g/mol. The normalized spacial score (nSPS) is 24.2. The number of aromatic nitrogens is 2. The van der Waals surface area contributed by atoms with Gasteiger partial charge in [0.05, 0.1) is 19.0 Å². The zero-order valence-electron chi connectivity index (χ0n) is 11.8. The summed E-state index contributed by atoms with van der Waals surface area (Å²) >= 11 is 0. The second kappa shape index (κ2) is 6.23. The molecule has 0 amide bonds. The fraction of sp³-hybridized carbons (Fsp3) is 0.786. The Bertz CT molecular complexity index is 375. The molecule has 1 fully saturated rings. The molecule has 2 atom stereocenters. The van der Waals surface area contributed by atoms with Crippen molar-refractivity contribution < 1.29 is 4.74 Å². The molecule has 1 saturated carbocycles. The average molecular weight is 251 g/mol. The van der Waals surface area contributed by atoms with Crippen molar-refractivity contribution in [2.75, 3.05) is 13.7 Å². The van der Waals surface area contributed by atoms with Crippen LogP contribution in [0.25, 0.3) is 0 Å². The molecule has 102 valence electrons. The second-order valence-corrected chi connectivity index (χ2v) is 5.17. The molecule has 1 aliphatic carbocycles. The minimum Gasteiger partial charge on any atom is -0.493 e. The minimum absolute atomic E-state index is 0.535. The molecule has 0 radical (unpaired) electrons. The topological polar surface area (TPSA) is 39.1 Å². The van der Waals surface area contributed by atoms with Crippen LogP contribution in [0.2, 0.25) is 0 Å². The first-order valence-corrected chi connectivity index (χ1v) is 7.07. The van der Waals surface area contributed by atoms with E-state index in [0.717, 1.165) is 12.3 Å². The summed E-state index contributed by atoms with van der Waals surface area (Å²) in [4.78, 5) is 0. The fourth-order valence-electron chi connectivity index (χ4n) is 3.04. The van der Waals surface area contributed by atoms with Crippen LogP contribution in [0, 0.1) is 0 Å². The van der Waals surface area contributed by atoms with Crippen molar-refractivity contribution in [3.63, 3.8) is 0 Å². The molecule has 1 aromatic rings. The van der Waals surface area contributed by atoms with Gasteiger partial charge in [-0.1, -0.05) is 19.8 Å². The summed E-state index contributed by atoms with van der Waals surface area (Å²) in [5.74, 6) is 1.47. The van der Waals surface area contributed by atoms with Gasteiger partial charge in [0, 0.05) is 19.0 Å². The first kappa shape index (κ1) is 13.4. The highest BCUT2D eigenvalue weighted by Gasteiger charge is 2.30. The van der Waals surface area contributed by atoms with Crippen LogP contribution in [0.5, 0.6) is 5.75 Å². The van der Waals surface area contributed by atoms with Crippen molar-refractivity contribution in [3.8, 4) is 5.75 Å². The predicted molar refractivity (Wildman–Crippen MR) is 73.1 cm³/mol. The van der Waals surface area contributed by atoms with E-state index in [-0.39, 0.29) is 0 Å². The number of rotatable bonds is 5. The Morgan fingerprint density at radius 2 is 2.22 bits per heavy atom. The van der Waals surface area contributed by atoms with Gasteiger partial charge in [0.15, 0.2) is 5.75 Å². The Hall–Kier alpha value is -1.03. The molecule has 2 rings (SSSR count). The van der Waals surface area contributed by atoms with Gasteiger partial charge < -0.3 is 10.1 Å². The first-order valence-electron chi connectivity index (χ1n) is 7.07. The van der Waals surface area contributed by atoms with Crippen molar-refractivity contribution in [3.05, 3.63) is 11.9 Å². The first-order chi connectivity index (χ1) is 8.77. The molecule has 1 aromatic heterocycles. The lowest BCUT2D eigenvalue weighted by Gasteiger charge is -2.32. The quantitative estimate of drug-likeness (QED) is 0.873. The number of aryl methyl sites for hydroxylation is 1. The lowest BCUT2D eigenvalue weighted by molar-refractivity contribution is 0.307. The molecule has 4 heteroatoms. The van der Waals surface area contributed by atoms with E-state index in [4.69, 9.17) is 4.74 Å². The Morgan fingerprint density at radius 1 is 1.44 bits per heavy atom. The van der Waals surface area contributed by atoms with Crippen molar-refractivity contribution in [1.82, 2.24) is 15.1 Å². The van der Waals surface area contributed by atoms with Crippen LogP contribution in [-0.2, 0) is 7.05 Å². The van der Waals surface area contributed by atoms with Crippen LogP contribution in [0.4, 0.5) is 0 Å². The summed E-state index contributed by atoms with van der Waals surface area (Å²) in [6, 6.07) is 0.572. The highest BCUT2D eigenvalue weighted by atomic mass is 16.5. The number of hydrogen-bond acceptors (Lipinski definition) is 3. The molecule has 0 saturated heterocycles. The minimum atomic E-state index is 0.535. The molecule has 1 heterocycles. The highest BCUT2D eigenvalue weighted by Crippen LogP contribution is 2.37. The summed E-state index contributed by atoms with van der Waals surface area (Å²) in [6.07, 6.45) is 8.16. The van der Waals surface area contributed by atoms with E-state index in [1.54, 1.807) is 7.11 Å². The van der Waals surface area contributed by atoms with E-state index < -0.39 is 0 Å². The molecule has 0 spiro atoms. The van der Waals surface area contributed by atoms with E-state index >= 15 is 0 Å². The van der Waals surface area contributed by atoms with Crippen molar-refractivity contribution >= 4 is 0 Å². The van der Waals surface area contributed by atoms with Crippen LogP contribution in [0.3, 0.4) is 0 Å². The third kappa shape index (κ3) is 2.69. The third-order valence-electron chi connectivity index (χ3n) is 3.94. The highest BCUT2D eigenvalue weighted by molar-refractivity contribution is 5.30. The number of nitrogens with one attached hydrogen (secondary N) is 1. The van der Waals surface area contributed by atoms with Crippen LogP contribution in [-0.4, -0.2) is 29.5 Å². The van der Waals surface area contributed by atoms with Crippen LogP contribution >= 0.6 is 0 Å². The van der Waals surface area contributed by atoms with Gasteiger partial charge in [-0.05, 0) is 25.8 Å². The SMILES string of the molecule is CCCNC1CCCCC1c1c(OC)cnn1C. The van der Waals surface area contributed by atoms with E-state index in [1.165, 1.54) is 37.8 Å². The molecule has 2 unspecified atom stereocenters. The van der Waals surface area contributed by atoms with Gasteiger partial charge >= 0.3 is 0 Å². The van der Waals surface area contributed by atoms with E-state index in [9.17, 15) is 0 Å². The molecule has 0 aromatic carbocycles. The summed E-state index contributed by atoms with van der Waals surface area (Å²) in [5, 5.41) is 8.03. The zero-order chi connectivity index (χ0) is 13.0. The maximum atomic E-state index is 5.46. The Kier molecular flexibility index (Phi) is 4.64. The molecular weight excluding hydrogens is 226 g/mol. The zero-order valence-corrected chi connectivity index (χ0v) is 11.8. The van der Waals surface area contributed by atoms with Gasteiger partial charge in [-0.25, -0.2) is 0 Å². The number of ether oxygens (including phenoxy) is 1. The van der Waals surface area contributed by atoms with Gasteiger partial charge in [-0.2, -0.15) is 5.10 Å². The summed E-state index contributed by atoms with van der Waals surface area (Å²) in [6.45, 7) is 3.32. The average Bonchev–Trinajstić information content (AvgIpc) is 2.77. The summed E-state index contributed by atoms with van der Waals surface area (Å²) in [7, 11) is 3.75. The van der Waals surface area contributed by atoms with Crippen LogP contribution in [0.15, 0.2) is 6.20 Å². The van der Waals surface area contributed by atoms with Crippen molar-refractivity contribution in [2.24, 2.45) is 7.05 Å². The maximum Gasteiger partial charge on any atom is 0.160 e. The predicted octanol–water partition coefficient (Wildman–Crippen LogP) is 2.45. The number of nitrogens with zero attached hydrogens (tertiary/aromatic N) is 2. The van der Waals surface area contributed by atoms with Gasteiger partial charge in [0.25, 0.3) is 0 Å². The van der Waals surface area contributed by atoms with Gasteiger partial charge in [0.1, 0.15) is 0 Å². The standard InChI is InChI=1S/C14H25N3O/c1-4-9-15-12-8-6-5-7-11(12)14-13(18-3)10-16-17(14)2/h10-12,15H,4-9H2,1-3H3. The molecule has 4 nitrogen and oxygen atoms in total. The van der Waals surface area contributed by atoms with Gasteiger partial charge in [-0.3, -0.25) is 4.68 Å². The molecular formula is C14H25N3O. The van der Waals surface area contributed by atoms with Gasteiger partial charge in [-0.15, -0.1) is 0 Å². The fourth-order valence-corrected chi connectivity index (χ4v) is 3.04. The summed E-state index contributed by atoms with van der Waals surface area (Å²) in [5.41, 5.74) is 1.26. The molecule has 1 N–H and O–H groups in total. The van der Waals surface area contributed by atoms with Crippen LogP contribution in [0.1, 0.15) is 50.6 Å². The smallest absolute Gasteiger partial charge is 0.160 e. The molecule has 18 heavy (non-hydrogen) atoms. The molecule has 1 aliphatic rings. The van der Waals surface area contributed by atoms with Crippen LogP contribution < -0.4 is 10.1 Å². The second-order valence-electron chi connectivity index (χ2n) is 5.17. The Balaban J connectivity index is 2.19. The van der Waals surface area contributed by atoms with E-state index in [0.29, 0.717) is 12.0 Å². The Labute approximate surface area is 110 Å². The largest absolute Gasteiger partial charge is 0.493 e. The van der Waals surface area contributed by atoms with Crippen molar-refractivity contribution in [2.45, 2.75) is 51.0 Å². The Morgan fingerprint density at radius 3 is 2.94 bits per heavy atom. The van der Waals surface area contributed by atoms with Gasteiger partial charge in [0.2, 0.25) is 0 Å². The third-order valence-corrected chi connectivity index (χ3v) is 3.94. The lowest BCUT2D eigenvalue weighted by Crippen LogP contribution is -2.38. The molecule has 0 bridgehead atoms. The van der Waals surface area contributed by atoms with E-state index in [1.807, 2.05) is 17.9 Å². The number of methoxy groups -OCH3 is 1.